The second-order valence-electron chi connectivity index (χ2n) is 1.88. The standard InChI is InChI=1S/C6H9NO/c1-2-6(8)7-4-3-5-7/h2H,1,3-5H2. The Morgan fingerprint density at radius 2 is 2.25 bits per heavy atom. The van der Waals surface area contributed by atoms with Crippen LogP contribution in [0.2, 0.25) is 0 Å². The summed E-state index contributed by atoms with van der Waals surface area (Å²) < 4.78 is 0. The van der Waals surface area contributed by atoms with Crippen LogP contribution in [0, 0.1) is 0 Å². The molecule has 0 spiro atoms. The molecule has 44 valence electrons. The van der Waals surface area contributed by atoms with Gasteiger partial charge in [-0.25, -0.2) is 0 Å². The number of nitrogens with zero attached hydrogens (tertiary/aromatic N) is 1. The lowest BCUT2D eigenvalue weighted by atomic mass is 10.2. The molecule has 1 fully saturated rings. The molecule has 1 amide bonds. The number of likely N-dealkylation sites (tertiary alicyclic amines) is 1. The first-order chi connectivity index (χ1) is 3.84. The second kappa shape index (κ2) is 1.99. The van der Waals surface area contributed by atoms with Crippen molar-refractivity contribution >= 4 is 5.91 Å². The van der Waals surface area contributed by atoms with Crippen molar-refractivity contribution in [3.05, 3.63) is 12.7 Å². The number of carbonyl (C=O) groups excluding carboxylic acids is 1. The van der Waals surface area contributed by atoms with Crippen LogP contribution in [0.5, 0.6) is 0 Å². The van der Waals surface area contributed by atoms with E-state index in [0.29, 0.717) is 0 Å². The Morgan fingerprint density at radius 3 is 2.38 bits per heavy atom. The highest BCUT2D eigenvalue weighted by Crippen LogP contribution is 2.04. The molecule has 0 aromatic rings. The van der Waals surface area contributed by atoms with E-state index in [2.05, 4.69) is 6.58 Å². The Morgan fingerprint density at radius 1 is 1.62 bits per heavy atom. The van der Waals surface area contributed by atoms with E-state index < -0.39 is 0 Å². The quantitative estimate of drug-likeness (QED) is 0.449. The first-order valence-corrected chi connectivity index (χ1v) is 2.76. The van der Waals surface area contributed by atoms with E-state index in [0.717, 1.165) is 19.5 Å². The summed E-state index contributed by atoms with van der Waals surface area (Å²) in [6, 6.07) is 0. The van der Waals surface area contributed by atoms with Crippen molar-refractivity contribution in [3.8, 4) is 0 Å². The van der Waals surface area contributed by atoms with Crippen molar-refractivity contribution in [2.24, 2.45) is 0 Å². The van der Waals surface area contributed by atoms with E-state index >= 15 is 0 Å². The SMILES string of the molecule is C=CC(=O)N1CCC1. The molecule has 0 aromatic carbocycles. The van der Waals surface area contributed by atoms with Crippen molar-refractivity contribution < 1.29 is 4.79 Å². The minimum atomic E-state index is 0.0660. The van der Waals surface area contributed by atoms with Crippen LogP contribution in [0.4, 0.5) is 0 Å². The maximum absolute atomic E-state index is 10.6. The van der Waals surface area contributed by atoms with E-state index in [1.165, 1.54) is 6.08 Å². The number of rotatable bonds is 1. The van der Waals surface area contributed by atoms with E-state index in [4.69, 9.17) is 0 Å². The molecule has 0 unspecified atom stereocenters. The molecule has 1 rings (SSSR count). The highest BCUT2D eigenvalue weighted by atomic mass is 16.2. The third-order valence-corrected chi connectivity index (χ3v) is 1.34. The molecule has 8 heavy (non-hydrogen) atoms. The zero-order valence-corrected chi connectivity index (χ0v) is 4.76. The molecule has 2 heteroatoms. The Kier molecular flexibility index (Phi) is 1.33. The van der Waals surface area contributed by atoms with E-state index in [-0.39, 0.29) is 5.91 Å². The van der Waals surface area contributed by atoms with Crippen molar-refractivity contribution in [2.75, 3.05) is 13.1 Å². The van der Waals surface area contributed by atoms with Crippen molar-refractivity contribution in [3.63, 3.8) is 0 Å². The molecule has 0 N–H and O–H groups in total. The molecule has 0 radical (unpaired) electrons. The van der Waals surface area contributed by atoms with Gasteiger partial charge in [-0.3, -0.25) is 4.79 Å². The number of amides is 1. The molecule has 0 bridgehead atoms. The molecular weight excluding hydrogens is 102 g/mol. The first kappa shape index (κ1) is 5.35. The molecule has 0 aromatic heterocycles. The fourth-order valence-corrected chi connectivity index (χ4v) is 0.666. The molecular formula is C6H9NO. The van der Waals surface area contributed by atoms with Crippen LogP contribution in [0.15, 0.2) is 12.7 Å². The van der Waals surface area contributed by atoms with E-state index in [1.54, 1.807) is 4.90 Å². The van der Waals surface area contributed by atoms with Crippen LogP contribution in [-0.2, 0) is 4.79 Å². The smallest absolute Gasteiger partial charge is 0.245 e. The lowest BCUT2D eigenvalue weighted by molar-refractivity contribution is -0.129. The van der Waals surface area contributed by atoms with Crippen LogP contribution in [0.25, 0.3) is 0 Å². The molecule has 1 aliphatic heterocycles. The molecule has 1 aliphatic rings. The number of carbonyl (C=O) groups is 1. The van der Waals surface area contributed by atoms with Crippen LogP contribution in [-0.4, -0.2) is 23.9 Å². The Labute approximate surface area is 48.8 Å². The van der Waals surface area contributed by atoms with Gasteiger partial charge in [-0.2, -0.15) is 0 Å². The lowest BCUT2D eigenvalue weighted by Gasteiger charge is -2.29. The van der Waals surface area contributed by atoms with E-state index in [9.17, 15) is 4.79 Å². The van der Waals surface area contributed by atoms with Gasteiger partial charge < -0.3 is 4.90 Å². The molecule has 1 heterocycles. The summed E-state index contributed by atoms with van der Waals surface area (Å²) in [6.45, 7) is 5.22. The monoisotopic (exact) mass is 111 g/mol. The molecule has 0 atom stereocenters. The molecule has 0 aliphatic carbocycles. The largest absolute Gasteiger partial charge is 0.339 e. The molecule has 0 saturated carbocycles. The van der Waals surface area contributed by atoms with Gasteiger partial charge in [0, 0.05) is 13.1 Å². The maximum atomic E-state index is 10.6. The van der Waals surface area contributed by atoms with Gasteiger partial charge in [0.15, 0.2) is 0 Å². The minimum absolute atomic E-state index is 0.0660. The Bertz CT molecular complexity index is 116. The van der Waals surface area contributed by atoms with Crippen LogP contribution in [0.1, 0.15) is 6.42 Å². The summed E-state index contributed by atoms with van der Waals surface area (Å²) in [5, 5.41) is 0. The van der Waals surface area contributed by atoms with Crippen LogP contribution in [0.3, 0.4) is 0 Å². The normalized spacial score (nSPS) is 17.2. The third kappa shape index (κ3) is 0.735. The van der Waals surface area contributed by atoms with E-state index in [1.807, 2.05) is 0 Å². The highest BCUT2D eigenvalue weighted by molar-refractivity contribution is 5.87. The predicted molar refractivity (Wildman–Crippen MR) is 31.4 cm³/mol. The number of hydrogen-bond donors (Lipinski definition) is 0. The fourth-order valence-electron chi connectivity index (χ4n) is 0.666. The summed E-state index contributed by atoms with van der Waals surface area (Å²) in [5.41, 5.74) is 0. The van der Waals surface area contributed by atoms with Gasteiger partial charge in [0.2, 0.25) is 5.91 Å². The Hall–Kier alpha value is -0.790. The van der Waals surface area contributed by atoms with Gasteiger partial charge in [0.1, 0.15) is 0 Å². The number of hydrogen-bond acceptors (Lipinski definition) is 1. The summed E-state index contributed by atoms with van der Waals surface area (Å²) >= 11 is 0. The van der Waals surface area contributed by atoms with Crippen LogP contribution >= 0.6 is 0 Å². The minimum Gasteiger partial charge on any atom is -0.339 e. The Balaban J connectivity index is 2.34. The zero-order chi connectivity index (χ0) is 5.98. The average molecular weight is 111 g/mol. The predicted octanol–water partition coefficient (Wildman–Crippen LogP) is 0.405. The summed E-state index contributed by atoms with van der Waals surface area (Å²) in [7, 11) is 0. The van der Waals surface area contributed by atoms with Gasteiger partial charge in [-0.15, -0.1) is 0 Å². The maximum Gasteiger partial charge on any atom is 0.245 e. The highest BCUT2D eigenvalue weighted by Gasteiger charge is 2.16. The summed E-state index contributed by atoms with van der Waals surface area (Å²) in [5.74, 6) is 0.0660. The second-order valence-corrected chi connectivity index (χ2v) is 1.88. The molecule has 2 nitrogen and oxygen atoms in total. The van der Waals surface area contributed by atoms with Crippen molar-refractivity contribution in [1.29, 1.82) is 0 Å². The van der Waals surface area contributed by atoms with Crippen molar-refractivity contribution in [2.45, 2.75) is 6.42 Å². The average Bonchev–Trinajstić information content (AvgIpc) is 1.62. The lowest BCUT2D eigenvalue weighted by Crippen LogP contribution is -2.40. The summed E-state index contributed by atoms with van der Waals surface area (Å²) in [4.78, 5) is 12.4. The molecule has 1 saturated heterocycles. The summed E-state index contributed by atoms with van der Waals surface area (Å²) in [6.07, 6.45) is 2.51. The van der Waals surface area contributed by atoms with Gasteiger partial charge in [0.05, 0.1) is 0 Å². The fraction of sp³-hybridized carbons (Fsp3) is 0.500. The third-order valence-electron chi connectivity index (χ3n) is 1.34. The zero-order valence-electron chi connectivity index (χ0n) is 4.76. The van der Waals surface area contributed by atoms with Gasteiger partial charge in [0.25, 0.3) is 0 Å². The first-order valence-electron chi connectivity index (χ1n) is 2.76. The van der Waals surface area contributed by atoms with Crippen molar-refractivity contribution in [1.82, 2.24) is 4.90 Å². The van der Waals surface area contributed by atoms with Gasteiger partial charge in [-0.1, -0.05) is 6.58 Å². The van der Waals surface area contributed by atoms with Gasteiger partial charge >= 0.3 is 0 Å². The van der Waals surface area contributed by atoms with Gasteiger partial charge in [-0.05, 0) is 12.5 Å². The van der Waals surface area contributed by atoms with Crippen LogP contribution < -0.4 is 0 Å². The topological polar surface area (TPSA) is 20.3 Å².